The molecule has 126 valence electrons. The molecular formula is C20H24N2O2. The highest BCUT2D eigenvalue weighted by atomic mass is 16.5. The molecule has 0 aliphatic carbocycles. The minimum Gasteiger partial charge on any atom is -0.465 e. The number of ether oxygens (including phenoxy) is 1. The van der Waals surface area contributed by atoms with Gasteiger partial charge in [-0.15, -0.1) is 0 Å². The zero-order chi connectivity index (χ0) is 16.9. The molecule has 0 saturated carbocycles. The summed E-state index contributed by atoms with van der Waals surface area (Å²) in [5, 5.41) is 0. The van der Waals surface area contributed by atoms with Gasteiger partial charge in [0.1, 0.15) is 6.54 Å². The van der Waals surface area contributed by atoms with E-state index in [1.165, 1.54) is 11.1 Å². The van der Waals surface area contributed by atoms with Gasteiger partial charge in [0, 0.05) is 18.3 Å². The Kier molecular flexibility index (Phi) is 5.16. The lowest BCUT2D eigenvalue weighted by molar-refractivity contribution is -0.141. The van der Waals surface area contributed by atoms with Crippen LogP contribution < -0.4 is 10.6 Å². The lowest BCUT2D eigenvalue weighted by Gasteiger charge is -2.26. The third-order valence-electron chi connectivity index (χ3n) is 4.40. The minimum absolute atomic E-state index is 0.0620. The number of nitrogens with two attached hydrogens (primary N) is 1. The lowest BCUT2D eigenvalue weighted by atomic mass is 10.00. The van der Waals surface area contributed by atoms with Crippen LogP contribution in [-0.2, 0) is 16.0 Å². The van der Waals surface area contributed by atoms with E-state index in [0.29, 0.717) is 13.2 Å². The largest absolute Gasteiger partial charge is 0.465 e. The van der Waals surface area contributed by atoms with Crippen molar-refractivity contribution in [3.63, 3.8) is 0 Å². The predicted molar refractivity (Wildman–Crippen MR) is 97.0 cm³/mol. The first-order chi connectivity index (χ1) is 11.7. The van der Waals surface area contributed by atoms with Gasteiger partial charge in [0.25, 0.3) is 0 Å². The molecule has 0 bridgehead atoms. The van der Waals surface area contributed by atoms with Crippen molar-refractivity contribution in [3.05, 3.63) is 54.1 Å². The van der Waals surface area contributed by atoms with Gasteiger partial charge < -0.3 is 15.4 Å². The van der Waals surface area contributed by atoms with E-state index < -0.39 is 0 Å². The van der Waals surface area contributed by atoms with Crippen LogP contribution in [0.5, 0.6) is 0 Å². The monoisotopic (exact) mass is 324 g/mol. The van der Waals surface area contributed by atoms with Crippen molar-refractivity contribution in [2.24, 2.45) is 5.73 Å². The van der Waals surface area contributed by atoms with Crippen LogP contribution in [0.2, 0.25) is 0 Å². The van der Waals surface area contributed by atoms with Crippen LogP contribution in [-0.4, -0.2) is 31.7 Å². The van der Waals surface area contributed by atoms with Gasteiger partial charge in [-0.3, -0.25) is 4.79 Å². The molecule has 4 nitrogen and oxygen atoms in total. The zero-order valence-corrected chi connectivity index (χ0v) is 14.1. The van der Waals surface area contributed by atoms with Crippen molar-refractivity contribution in [2.75, 3.05) is 24.6 Å². The van der Waals surface area contributed by atoms with Gasteiger partial charge in [-0.25, -0.2) is 0 Å². The predicted octanol–water partition coefficient (Wildman–Crippen LogP) is 3.00. The summed E-state index contributed by atoms with van der Waals surface area (Å²) < 4.78 is 5.13. The van der Waals surface area contributed by atoms with Gasteiger partial charge in [-0.2, -0.15) is 0 Å². The van der Waals surface area contributed by atoms with Gasteiger partial charge in [-0.1, -0.05) is 42.5 Å². The number of carbonyl (C=O) groups is 1. The van der Waals surface area contributed by atoms with E-state index in [1.54, 1.807) is 0 Å². The Morgan fingerprint density at radius 1 is 1.21 bits per heavy atom. The smallest absolute Gasteiger partial charge is 0.325 e. The molecule has 1 atom stereocenters. The number of anilines is 1. The Labute approximate surface area is 143 Å². The Bertz CT molecular complexity index is 700. The Hall–Kier alpha value is -2.33. The zero-order valence-electron chi connectivity index (χ0n) is 14.1. The molecule has 1 heterocycles. The number of fused-ring (bicyclic) bond motifs is 1. The highest BCUT2D eigenvalue weighted by Gasteiger charge is 2.22. The highest BCUT2D eigenvalue weighted by Crippen LogP contribution is 2.31. The standard InChI is InChI=1S/C20H24N2O2/c1-2-24-20(23)14-22-13-18(21)11-10-16-8-9-17(12-19(16)22)15-6-4-3-5-7-15/h3-9,12,18H,2,10-11,13-14,21H2,1H3. The van der Waals surface area contributed by atoms with Crippen molar-refractivity contribution < 1.29 is 9.53 Å². The summed E-state index contributed by atoms with van der Waals surface area (Å²) in [6, 6.07) is 16.8. The molecule has 2 aromatic rings. The molecular weight excluding hydrogens is 300 g/mol. The molecule has 2 aromatic carbocycles. The fourth-order valence-electron chi connectivity index (χ4n) is 3.21. The summed E-state index contributed by atoms with van der Waals surface area (Å²) in [7, 11) is 0. The van der Waals surface area contributed by atoms with Crippen LogP contribution in [0.15, 0.2) is 48.5 Å². The van der Waals surface area contributed by atoms with E-state index >= 15 is 0 Å². The topological polar surface area (TPSA) is 55.6 Å². The van der Waals surface area contributed by atoms with Crippen LogP contribution in [0, 0.1) is 0 Å². The van der Waals surface area contributed by atoms with Gasteiger partial charge in [0.2, 0.25) is 0 Å². The molecule has 0 amide bonds. The second-order valence-electron chi connectivity index (χ2n) is 6.19. The number of aryl methyl sites for hydroxylation is 1. The first-order valence-electron chi connectivity index (χ1n) is 8.52. The maximum absolute atomic E-state index is 12.0. The molecule has 1 aliphatic rings. The fraction of sp³-hybridized carbons (Fsp3) is 0.350. The highest BCUT2D eigenvalue weighted by molar-refractivity contribution is 5.78. The Morgan fingerprint density at radius 3 is 2.75 bits per heavy atom. The van der Waals surface area contributed by atoms with Crippen LogP contribution in [0.4, 0.5) is 5.69 Å². The molecule has 1 unspecified atom stereocenters. The van der Waals surface area contributed by atoms with E-state index in [0.717, 1.165) is 24.1 Å². The molecule has 0 fully saturated rings. The van der Waals surface area contributed by atoms with Crippen LogP contribution in [0.25, 0.3) is 11.1 Å². The summed E-state index contributed by atoms with van der Waals surface area (Å²) in [6.07, 6.45) is 1.86. The summed E-state index contributed by atoms with van der Waals surface area (Å²) in [4.78, 5) is 14.1. The molecule has 0 saturated heterocycles. The maximum Gasteiger partial charge on any atom is 0.325 e. The average molecular weight is 324 g/mol. The molecule has 0 aromatic heterocycles. The van der Waals surface area contributed by atoms with E-state index in [-0.39, 0.29) is 18.6 Å². The van der Waals surface area contributed by atoms with Crippen molar-refractivity contribution in [2.45, 2.75) is 25.8 Å². The number of rotatable bonds is 4. The molecule has 3 rings (SSSR count). The van der Waals surface area contributed by atoms with E-state index in [9.17, 15) is 4.79 Å². The molecule has 2 N–H and O–H groups in total. The average Bonchev–Trinajstić information content (AvgIpc) is 2.75. The molecule has 1 aliphatic heterocycles. The summed E-state index contributed by atoms with van der Waals surface area (Å²) >= 11 is 0. The second-order valence-corrected chi connectivity index (χ2v) is 6.19. The van der Waals surface area contributed by atoms with Gasteiger partial charge in [0.15, 0.2) is 0 Å². The van der Waals surface area contributed by atoms with E-state index in [4.69, 9.17) is 10.5 Å². The second kappa shape index (κ2) is 7.49. The Morgan fingerprint density at radius 2 is 2.00 bits per heavy atom. The first-order valence-corrected chi connectivity index (χ1v) is 8.52. The molecule has 0 spiro atoms. The normalized spacial score (nSPS) is 17.1. The van der Waals surface area contributed by atoms with E-state index in [2.05, 4.69) is 35.2 Å². The van der Waals surface area contributed by atoms with Gasteiger partial charge in [-0.05, 0) is 42.5 Å². The third-order valence-corrected chi connectivity index (χ3v) is 4.40. The number of nitrogens with zero attached hydrogens (tertiary/aromatic N) is 1. The Balaban J connectivity index is 1.95. The first kappa shape index (κ1) is 16.5. The van der Waals surface area contributed by atoms with Crippen molar-refractivity contribution in [3.8, 4) is 11.1 Å². The number of carbonyl (C=O) groups excluding carboxylic acids is 1. The minimum atomic E-state index is -0.206. The van der Waals surface area contributed by atoms with Crippen LogP contribution in [0.3, 0.4) is 0 Å². The van der Waals surface area contributed by atoms with Crippen LogP contribution >= 0.6 is 0 Å². The molecule has 24 heavy (non-hydrogen) atoms. The summed E-state index contributed by atoms with van der Waals surface area (Å²) in [5.41, 5.74) is 10.9. The SMILES string of the molecule is CCOC(=O)CN1CC(N)CCc2ccc(-c3ccccc3)cc21. The number of hydrogen-bond acceptors (Lipinski definition) is 4. The summed E-state index contributed by atoms with van der Waals surface area (Å²) in [5.74, 6) is -0.206. The summed E-state index contributed by atoms with van der Waals surface area (Å²) in [6.45, 7) is 3.14. The van der Waals surface area contributed by atoms with Gasteiger partial charge >= 0.3 is 5.97 Å². The lowest BCUT2D eigenvalue weighted by Crippen LogP contribution is -2.39. The van der Waals surface area contributed by atoms with Crippen molar-refractivity contribution >= 4 is 11.7 Å². The molecule has 4 heteroatoms. The number of benzene rings is 2. The number of esters is 1. The maximum atomic E-state index is 12.0. The number of hydrogen-bond donors (Lipinski definition) is 1. The van der Waals surface area contributed by atoms with Crippen LogP contribution in [0.1, 0.15) is 18.9 Å². The quantitative estimate of drug-likeness (QED) is 0.879. The third kappa shape index (κ3) is 3.77. The van der Waals surface area contributed by atoms with Crippen molar-refractivity contribution in [1.82, 2.24) is 0 Å². The molecule has 0 radical (unpaired) electrons. The van der Waals surface area contributed by atoms with E-state index in [1.807, 2.05) is 25.1 Å². The fourth-order valence-corrected chi connectivity index (χ4v) is 3.21. The van der Waals surface area contributed by atoms with Gasteiger partial charge in [0.05, 0.1) is 6.61 Å². The van der Waals surface area contributed by atoms with Crippen molar-refractivity contribution in [1.29, 1.82) is 0 Å².